The zero-order valence-corrected chi connectivity index (χ0v) is 10.7. The van der Waals surface area contributed by atoms with Gasteiger partial charge in [-0.15, -0.1) is 0 Å². The first-order valence-electron chi connectivity index (χ1n) is 4.97. The van der Waals surface area contributed by atoms with Crippen LogP contribution in [-0.2, 0) is 7.05 Å². The molecule has 6 heteroatoms. The molecular weight excluding hydrogens is 270 g/mol. The van der Waals surface area contributed by atoms with Crippen molar-refractivity contribution in [3.05, 3.63) is 22.9 Å². The summed E-state index contributed by atoms with van der Waals surface area (Å²) in [5.74, 6) is 1.47. The van der Waals surface area contributed by atoms with Crippen LogP contribution in [0, 0.1) is 0 Å². The van der Waals surface area contributed by atoms with Gasteiger partial charge in [0.05, 0.1) is 4.47 Å². The van der Waals surface area contributed by atoms with Crippen molar-refractivity contribution in [2.45, 2.75) is 6.92 Å². The summed E-state index contributed by atoms with van der Waals surface area (Å²) in [6.45, 7) is 2.85. The zero-order chi connectivity index (χ0) is 11.5. The van der Waals surface area contributed by atoms with Gasteiger partial charge in [0.25, 0.3) is 0 Å². The minimum atomic E-state index is 0.666. The number of halogens is 1. The van der Waals surface area contributed by atoms with Crippen LogP contribution in [0.3, 0.4) is 0 Å². The Hall–Kier alpha value is -1.43. The van der Waals surface area contributed by atoms with Crippen molar-refractivity contribution >= 4 is 21.7 Å². The van der Waals surface area contributed by atoms with Crippen LogP contribution in [0.5, 0.6) is 0 Å². The van der Waals surface area contributed by atoms with Crippen molar-refractivity contribution in [2.75, 3.05) is 11.9 Å². The van der Waals surface area contributed by atoms with E-state index in [0.29, 0.717) is 5.82 Å². The molecule has 2 aromatic rings. The van der Waals surface area contributed by atoms with E-state index < -0.39 is 0 Å². The van der Waals surface area contributed by atoms with Gasteiger partial charge in [-0.2, -0.15) is 5.10 Å². The standard InChI is InChI=1S/C10H12BrN5/c1-3-12-9-7(11)6-13-10(15-9)8-4-5-14-16(8)2/h4-6H,3H2,1-2H3,(H,12,13,15). The minimum absolute atomic E-state index is 0.666. The molecule has 0 aliphatic heterocycles. The Bertz CT molecular complexity index is 494. The first-order valence-corrected chi connectivity index (χ1v) is 5.76. The van der Waals surface area contributed by atoms with Crippen LogP contribution in [0.4, 0.5) is 5.82 Å². The monoisotopic (exact) mass is 281 g/mol. The summed E-state index contributed by atoms with van der Waals surface area (Å²) in [6, 6.07) is 1.89. The molecule has 2 heterocycles. The molecule has 0 unspecified atom stereocenters. The number of hydrogen-bond acceptors (Lipinski definition) is 4. The summed E-state index contributed by atoms with van der Waals surface area (Å²) in [7, 11) is 1.87. The third-order valence-corrected chi connectivity index (χ3v) is 2.72. The lowest BCUT2D eigenvalue weighted by Gasteiger charge is -2.07. The second kappa shape index (κ2) is 4.61. The fourth-order valence-electron chi connectivity index (χ4n) is 1.38. The van der Waals surface area contributed by atoms with E-state index >= 15 is 0 Å². The van der Waals surface area contributed by atoms with Gasteiger partial charge in [0.2, 0.25) is 0 Å². The third kappa shape index (κ3) is 2.06. The van der Waals surface area contributed by atoms with Crippen molar-refractivity contribution in [1.82, 2.24) is 19.7 Å². The summed E-state index contributed by atoms with van der Waals surface area (Å²) in [5, 5.41) is 7.27. The first-order chi connectivity index (χ1) is 7.72. The normalized spacial score (nSPS) is 10.4. The second-order valence-electron chi connectivity index (χ2n) is 3.26. The second-order valence-corrected chi connectivity index (χ2v) is 4.11. The first kappa shape index (κ1) is 11.1. The van der Waals surface area contributed by atoms with E-state index in [4.69, 9.17) is 0 Å². The molecule has 2 rings (SSSR count). The van der Waals surface area contributed by atoms with Gasteiger partial charge in [-0.05, 0) is 28.9 Å². The van der Waals surface area contributed by atoms with Crippen LogP contribution >= 0.6 is 15.9 Å². The lowest BCUT2D eigenvalue weighted by molar-refractivity contribution is 0.770. The number of aryl methyl sites for hydroxylation is 1. The summed E-state index contributed by atoms with van der Waals surface area (Å²) < 4.78 is 2.61. The minimum Gasteiger partial charge on any atom is -0.369 e. The van der Waals surface area contributed by atoms with Gasteiger partial charge in [-0.1, -0.05) is 0 Å². The maximum Gasteiger partial charge on any atom is 0.179 e. The summed E-state index contributed by atoms with van der Waals surface area (Å²) in [5.41, 5.74) is 0.895. The molecular formula is C10H12BrN5. The molecule has 1 N–H and O–H groups in total. The van der Waals surface area contributed by atoms with Gasteiger partial charge in [0, 0.05) is 26.0 Å². The Morgan fingerprint density at radius 2 is 2.31 bits per heavy atom. The number of nitrogens with one attached hydrogen (secondary N) is 1. The SMILES string of the molecule is CCNc1nc(-c2ccnn2C)ncc1Br. The molecule has 0 atom stereocenters. The largest absolute Gasteiger partial charge is 0.369 e. The highest BCUT2D eigenvalue weighted by atomic mass is 79.9. The highest BCUT2D eigenvalue weighted by Crippen LogP contribution is 2.22. The third-order valence-electron chi connectivity index (χ3n) is 2.14. The molecule has 0 radical (unpaired) electrons. The topological polar surface area (TPSA) is 55.6 Å². The molecule has 2 aromatic heterocycles. The van der Waals surface area contributed by atoms with Crippen molar-refractivity contribution in [1.29, 1.82) is 0 Å². The van der Waals surface area contributed by atoms with E-state index in [9.17, 15) is 0 Å². The van der Waals surface area contributed by atoms with Gasteiger partial charge in [0.15, 0.2) is 5.82 Å². The number of rotatable bonds is 3. The van der Waals surface area contributed by atoms with Crippen molar-refractivity contribution in [3.8, 4) is 11.5 Å². The van der Waals surface area contributed by atoms with Gasteiger partial charge in [0.1, 0.15) is 11.5 Å². The Labute approximate surface area is 102 Å². The molecule has 0 spiro atoms. The average Bonchev–Trinajstić information content (AvgIpc) is 2.68. The van der Waals surface area contributed by atoms with Crippen molar-refractivity contribution in [3.63, 3.8) is 0 Å². The molecule has 0 aliphatic rings. The fourth-order valence-corrected chi connectivity index (χ4v) is 1.71. The molecule has 5 nitrogen and oxygen atoms in total. The van der Waals surface area contributed by atoms with Crippen LogP contribution in [-0.4, -0.2) is 26.3 Å². The zero-order valence-electron chi connectivity index (χ0n) is 9.11. The summed E-state index contributed by atoms with van der Waals surface area (Å²) >= 11 is 3.40. The van der Waals surface area contributed by atoms with E-state index in [1.165, 1.54) is 0 Å². The maximum absolute atomic E-state index is 4.44. The predicted molar refractivity (Wildman–Crippen MR) is 66.1 cm³/mol. The van der Waals surface area contributed by atoms with E-state index in [2.05, 4.69) is 36.3 Å². The average molecular weight is 282 g/mol. The van der Waals surface area contributed by atoms with Crippen LogP contribution in [0.2, 0.25) is 0 Å². The van der Waals surface area contributed by atoms with E-state index in [1.807, 2.05) is 20.0 Å². The lowest BCUT2D eigenvalue weighted by Crippen LogP contribution is -2.04. The highest BCUT2D eigenvalue weighted by Gasteiger charge is 2.08. The lowest BCUT2D eigenvalue weighted by atomic mass is 10.4. The van der Waals surface area contributed by atoms with Crippen molar-refractivity contribution < 1.29 is 0 Å². The van der Waals surface area contributed by atoms with Gasteiger partial charge in [-0.3, -0.25) is 4.68 Å². The van der Waals surface area contributed by atoms with E-state index in [1.54, 1.807) is 17.1 Å². The Morgan fingerprint density at radius 1 is 1.50 bits per heavy atom. The van der Waals surface area contributed by atoms with Crippen LogP contribution in [0.15, 0.2) is 22.9 Å². The van der Waals surface area contributed by atoms with Crippen molar-refractivity contribution in [2.24, 2.45) is 7.05 Å². The molecule has 16 heavy (non-hydrogen) atoms. The Kier molecular flexibility index (Phi) is 3.19. The highest BCUT2D eigenvalue weighted by molar-refractivity contribution is 9.10. The van der Waals surface area contributed by atoms with Gasteiger partial charge in [-0.25, -0.2) is 9.97 Å². The predicted octanol–water partition coefficient (Wildman–Crippen LogP) is 2.07. The molecule has 0 saturated carbocycles. The molecule has 0 amide bonds. The van der Waals surface area contributed by atoms with Crippen LogP contribution in [0.25, 0.3) is 11.5 Å². The fraction of sp³-hybridized carbons (Fsp3) is 0.300. The van der Waals surface area contributed by atoms with Gasteiger partial charge >= 0.3 is 0 Å². The number of anilines is 1. The number of aromatic nitrogens is 4. The summed E-state index contributed by atoms with van der Waals surface area (Å²) in [6.07, 6.45) is 3.47. The molecule has 0 bridgehead atoms. The number of hydrogen-bond donors (Lipinski definition) is 1. The molecule has 84 valence electrons. The Balaban J connectivity index is 2.43. The summed E-state index contributed by atoms with van der Waals surface area (Å²) in [4.78, 5) is 8.70. The smallest absolute Gasteiger partial charge is 0.179 e. The molecule has 0 aromatic carbocycles. The molecule has 0 saturated heterocycles. The maximum atomic E-state index is 4.44. The molecule has 0 fully saturated rings. The van der Waals surface area contributed by atoms with E-state index in [-0.39, 0.29) is 0 Å². The van der Waals surface area contributed by atoms with Gasteiger partial charge < -0.3 is 5.32 Å². The number of nitrogens with zero attached hydrogens (tertiary/aromatic N) is 4. The van der Waals surface area contributed by atoms with Crippen LogP contribution in [0.1, 0.15) is 6.92 Å². The Morgan fingerprint density at radius 3 is 2.94 bits per heavy atom. The van der Waals surface area contributed by atoms with E-state index in [0.717, 1.165) is 22.5 Å². The van der Waals surface area contributed by atoms with Crippen LogP contribution < -0.4 is 5.32 Å². The molecule has 0 aliphatic carbocycles. The quantitative estimate of drug-likeness (QED) is 0.936.